The number of amides is 1. The van der Waals surface area contributed by atoms with Crippen LogP contribution in [0.3, 0.4) is 0 Å². The highest BCUT2D eigenvalue weighted by Gasteiger charge is 2.28. The molecule has 0 bridgehead atoms. The molecule has 110 valence electrons. The molecule has 0 spiro atoms. The summed E-state index contributed by atoms with van der Waals surface area (Å²) in [5, 5.41) is 15.1. The molecule has 0 aromatic carbocycles. The van der Waals surface area contributed by atoms with E-state index in [1.54, 1.807) is 6.20 Å². The van der Waals surface area contributed by atoms with Gasteiger partial charge in [-0.15, -0.1) is 0 Å². The molecule has 0 aliphatic carbocycles. The summed E-state index contributed by atoms with van der Waals surface area (Å²) < 4.78 is 0. The highest BCUT2D eigenvalue weighted by Crippen LogP contribution is 2.16. The third-order valence-electron chi connectivity index (χ3n) is 3.59. The lowest BCUT2D eigenvalue weighted by atomic mass is 9.92. The predicted molar refractivity (Wildman–Crippen MR) is 72.0 cm³/mol. The fourth-order valence-electron chi connectivity index (χ4n) is 2.48. The van der Waals surface area contributed by atoms with Crippen LogP contribution in [0.25, 0.3) is 0 Å². The van der Waals surface area contributed by atoms with E-state index in [9.17, 15) is 14.7 Å². The number of H-pyrrole nitrogens is 1. The zero-order chi connectivity index (χ0) is 14.5. The van der Waals surface area contributed by atoms with Crippen LogP contribution in [0.15, 0.2) is 12.5 Å². The second-order valence-electron chi connectivity index (χ2n) is 5.26. The van der Waals surface area contributed by atoms with Crippen LogP contribution in [0.4, 0.5) is 0 Å². The van der Waals surface area contributed by atoms with Crippen molar-refractivity contribution in [1.29, 1.82) is 0 Å². The molecule has 2 rings (SSSR count). The lowest BCUT2D eigenvalue weighted by Gasteiger charge is -2.28. The van der Waals surface area contributed by atoms with Gasteiger partial charge in [0.2, 0.25) is 5.91 Å². The molecule has 1 saturated heterocycles. The molecule has 3 atom stereocenters. The standard InChI is InChI=1S/C13H20N4O3/c1-8-4-9(2-3-15-8)12(18)17-11(13(19)20)5-10-6-14-7-16-10/h6-9,11,15H,2-5H2,1H3,(H,14,16)(H,17,18)(H,19,20)/t8?,9?,11-/m0/s1. The number of imidazole rings is 1. The first-order valence-corrected chi connectivity index (χ1v) is 6.80. The van der Waals surface area contributed by atoms with Crippen molar-refractivity contribution in [3.8, 4) is 0 Å². The van der Waals surface area contributed by atoms with E-state index in [1.807, 2.05) is 6.92 Å². The van der Waals surface area contributed by atoms with Gasteiger partial charge in [0, 0.05) is 30.3 Å². The average Bonchev–Trinajstić information content (AvgIpc) is 2.90. The second kappa shape index (κ2) is 6.51. The second-order valence-corrected chi connectivity index (χ2v) is 5.26. The molecule has 7 nitrogen and oxygen atoms in total. The number of carbonyl (C=O) groups is 2. The summed E-state index contributed by atoms with van der Waals surface area (Å²) in [6, 6.07) is -0.636. The molecule has 0 saturated carbocycles. The molecular weight excluding hydrogens is 260 g/mol. The summed E-state index contributed by atoms with van der Waals surface area (Å²) in [6.45, 7) is 2.82. The Morgan fingerprint density at radius 2 is 2.40 bits per heavy atom. The van der Waals surface area contributed by atoms with Crippen molar-refractivity contribution in [3.63, 3.8) is 0 Å². The number of nitrogens with one attached hydrogen (secondary N) is 3. The third kappa shape index (κ3) is 3.80. The number of aromatic amines is 1. The van der Waals surface area contributed by atoms with Crippen LogP contribution >= 0.6 is 0 Å². The van der Waals surface area contributed by atoms with Gasteiger partial charge >= 0.3 is 5.97 Å². The minimum Gasteiger partial charge on any atom is -0.480 e. The van der Waals surface area contributed by atoms with Crippen LogP contribution in [-0.2, 0) is 16.0 Å². The Balaban J connectivity index is 1.93. The average molecular weight is 280 g/mol. The third-order valence-corrected chi connectivity index (χ3v) is 3.59. The first kappa shape index (κ1) is 14.5. The summed E-state index contributed by atoms with van der Waals surface area (Å²) >= 11 is 0. The van der Waals surface area contributed by atoms with Crippen molar-refractivity contribution in [2.75, 3.05) is 6.54 Å². The van der Waals surface area contributed by atoms with E-state index in [-0.39, 0.29) is 24.3 Å². The molecule has 1 fully saturated rings. The summed E-state index contributed by atoms with van der Waals surface area (Å²) in [4.78, 5) is 30.1. The Morgan fingerprint density at radius 3 is 3.00 bits per heavy atom. The van der Waals surface area contributed by atoms with Crippen LogP contribution in [0, 0.1) is 5.92 Å². The van der Waals surface area contributed by atoms with Gasteiger partial charge in [0.25, 0.3) is 0 Å². The predicted octanol–water partition coefficient (Wildman–Crippen LogP) is -0.0903. The maximum atomic E-state index is 12.2. The van der Waals surface area contributed by atoms with Gasteiger partial charge in [-0.1, -0.05) is 0 Å². The monoisotopic (exact) mass is 280 g/mol. The van der Waals surface area contributed by atoms with Crippen molar-refractivity contribution in [1.82, 2.24) is 20.6 Å². The number of nitrogens with zero attached hydrogens (tertiary/aromatic N) is 1. The largest absolute Gasteiger partial charge is 0.480 e. The Hall–Kier alpha value is -1.89. The molecule has 2 heterocycles. The molecule has 1 aromatic rings. The Bertz CT molecular complexity index is 460. The number of aliphatic carboxylic acids is 1. The highest BCUT2D eigenvalue weighted by atomic mass is 16.4. The van der Waals surface area contributed by atoms with Gasteiger partial charge < -0.3 is 20.7 Å². The number of rotatable bonds is 5. The molecule has 7 heteroatoms. The first-order valence-electron chi connectivity index (χ1n) is 6.80. The number of hydrogen-bond acceptors (Lipinski definition) is 4. The summed E-state index contributed by atoms with van der Waals surface area (Å²) in [5.74, 6) is -1.32. The molecule has 1 aliphatic rings. The van der Waals surface area contributed by atoms with Crippen molar-refractivity contribution in [3.05, 3.63) is 18.2 Å². The zero-order valence-corrected chi connectivity index (χ0v) is 11.4. The van der Waals surface area contributed by atoms with E-state index in [1.165, 1.54) is 6.33 Å². The number of aromatic nitrogens is 2. The summed E-state index contributed by atoms with van der Waals surface area (Å²) in [7, 11) is 0. The van der Waals surface area contributed by atoms with Crippen LogP contribution in [0.1, 0.15) is 25.5 Å². The topological polar surface area (TPSA) is 107 Å². The van der Waals surface area contributed by atoms with Gasteiger partial charge in [0.15, 0.2) is 0 Å². The van der Waals surface area contributed by atoms with Crippen LogP contribution in [-0.4, -0.2) is 45.6 Å². The van der Waals surface area contributed by atoms with Gasteiger partial charge in [-0.05, 0) is 26.3 Å². The van der Waals surface area contributed by atoms with Gasteiger partial charge in [-0.25, -0.2) is 9.78 Å². The fourth-order valence-corrected chi connectivity index (χ4v) is 2.48. The summed E-state index contributed by atoms with van der Waals surface area (Å²) in [6.07, 6.45) is 4.75. The van der Waals surface area contributed by atoms with E-state index in [2.05, 4.69) is 20.6 Å². The van der Waals surface area contributed by atoms with E-state index < -0.39 is 12.0 Å². The van der Waals surface area contributed by atoms with Crippen molar-refractivity contribution in [2.45, 2.75) is 38.3 Å². The molecule has 20 heavy (non-hydrogen) atoms. The smallest absolute Gasteiger partial charge is 0.326 e. The lowest BCUT2D eigenvalue weighted by molar-refractivity contribution is -0.142. The Labute approximate surface area is 117 Å². The van der Waals surface area contributed by atoms with Crippen molar-refractivity contribution < 1.29 is 14.7 Å². The number of carbonyl (C=O) groups excluding carboxylic acids is 1. The normalized spacial score (nSPS) is 24.1. The molecule has 2 unspecified atom stereocenters. The minimum atomic E-state index is -1.03. The maximum Gasteiger partial charge on any atom is 0.326 e. The van der Waals surface area contributed by atoms with Gasteiger partial charge in [-0.3, -0.25) is 4.79 Å². The highest BCUT2D eigenvalue weighted by molar-refractivity contribution is 5.85. The van der Waals surface area contributed by atoms with Gasteiger partial charge in [-0.2, -0.15) is 0 Å². The fraction of sp³-hybridized carbons (Fsp3) is 0.615. The number of hydrogen-bond donors (Lipinski definition) is 4. The molecule has 0 radical (unpaired) electrons. The molecule has 4 N–H and O–H groups in total. The molecule has 1 amide bonds. The van der Waals surface area contributed by atoms with E-state index in [4.69, 9.17) is 0 Å². The first-order chi connectivity index (χ1) is 9.56. The molecular formula is C13H20N4O3. The maximum absolute atomic E-state index is 12.2. The van der Waals surface area contributed by atoms with E-state index >= 15 is 0 Å². The van der Waals surface area contributed by atoms with E-state index in [0.717, 1.165) is 19.4 Å². The number of carboxylic acids is 1. The van der Waals surface area contributed by atoms with Gasteiger partial charge in [0.05, 0.1) is 6.33 Å². The van der Waals surface area contributed by atoms with Crippen LogP contribution in [0.2, 0.25) is 0 Å². The summed E-state index contributed by atoms with van der Waals surface area (Å²) in [5.41, 5.74) is 0.691. The van der Waals surface area contributed by atoms with Gasteiger partial charge in [0.1, 0.15) is 6.04 Å². The quantitative estimate of drug-likeness (QED) is 0.603. The lowest BCUT2D eigenvalue weighted by Crippen LogP contribution is -2.48. The van der Waals surface area contributed by atoms with E-state index in [0.29, 0.717) is 5.69 Å². The minimum absolute atomic E-state index is 0.116. The Morgan fingerprint density at radius 1 is 1.60 bits per heavy atom. The van der Waals surface area contributed by atoms with Crippen LogP contribution < -0.4 is 10.6 Å². The van der Waals surface area contributed by atoms with Crippen LogP contribution in [0.5, 0.6) is 0 Å². The van der Waals surface area contributed by atoms with Crippen molar-refractivity contribution in [2.24, 2.45) is 5.92 Å². The Kier molecular flexibility index (Phi) is 4.73. The SMILES string of the molecule is CC1CC(C(=O)N[C@@H](Cc2cnc[nH]2)C(=O)O)CCN1. The molecule has 1 aromatic heterocycles. The number of carboxylic acid groups (broad SMARTS) is 1. The molecule has 1 aliphatic heterocycles. The number of piperidine rings is 1. The zero-order valence-electron chi connectivity index (χ0n) is 11.4. The van der Waals surface area contributed by atoms with Crippen molar-refractivity contribution >= 4 is 11.9 Å².